The Hall–Kier alpha value is -1.10. The van der Waals surface area contributed by atoms with E-state index in [1.807, 2.05) is 13.8 Å². The molecule has 0 bridgehead atoms. The highest BCUT2D eigenvalue weighted by Crippen LogP contribution is 2.18. The summed E-state index contributed by atoms with van der Waals surface area (Å²) >= 11 is 0. The third kappa shape index (κ3) is 5.19. The molecule has 2 amide bonds. The molecule has 1 aliphatic rings. The van der Waals surface area contributed by atoms with Gasteiger partial charge in [0.1, 0.15) is 6.04 Å². The van der Waals surface area contributed by atoms with E-state index < -0.39 is 0 Å². The maximum Gasteiger partial charge on any atom is 0.242 e. The van der Waals surface area contributed by atoms with Crippen LogP contribution < -0.4 is 11.1 Å². The molecule has 0 aromatic heterocycles. The van der Waals surface area contributed by atoms with Crippen molar-refractivity contribution in [2.75, 3.05) is 13.1 Å². The van der Waals surface area contributed by atoms with Crippen molar-refractivity contribution < 1.29 is 9.59 Å². The van der Waals surface area contributed by atoms with Crippen molar-refractivity contribution in [1.29, 1.82) is 0 Å². The first-order chi connectivity index (χ1) is 9.06. The molecule has 3 N–H and O–H groups in total. The molecule has 0 saturated carbocycles. The summed E-state index contributed by atoms with van der Waals surface area (Å²) in [5.41, 5.74) is 5.66. The van der Waals surface area contributed by atoms with Crippen molar-refractivity contribution in [3.05, 3.63) is 0 Å². The summed E-state index contributed by atoms with van der Waals surface area (Å²) in [6.07, 6.45) is 4.92. The van der Waals surface area contributed by atoms with Gasteiger partial charge in [-0.3, -0.25) is 9.59 Å². The van der Waals surface area contributed by atoms with Crippen LogP contribution in [0.2, 0.25) is 0 Å². The number of piperidine rings is 1. The standard InChI is InChI=1S/C14H27N3O2/c1-3-6-13(18)17-10-5-4-7-12(17)14(19)16-9-8-11(2)15/h11-12H,3-10,15H2,1-2H3,(H,16,19). The van der Waals surface area contributed by atoms with Gasteiger partial charge in [0, 0.05) is 25.6 Å². The number of nitrogens with one attached hydrogen (secondary N) is 1. The fraction of sp³-hybridized carbons (Fsp3) is 0.857. The van der Waals surface area contributed by atoms with Crippen molar-refractivity contribution in [2.24, 2.45) is 5.73 Å². The number of likely N-dealkylation sites (tertiary alicyclic amines) is 1. The van der Waals surface area contributed by atoms with Gasteiger partial charge in [0.05, 0.1) is 0 Å². The molecule has 110 valence electrons. The number of nitrogens with two attached hydrogens (primary N) is 1. The monoisotopic (exact) mass is 269 g/mol. The minimum atomic E-state index is -0.277. The maximum atomic E-state index is 12.2. The number of amides is 2. The van der Waals surface area contributed by atoms with Gasteiger partial charge >= 0.3 is 0 Å². The molecular formula is C14H27N3O2. The lowest BCUT2D eigenvalue weighted by Crippen LogP contribution is -2.52. The van der Waals surface area contributed by atoms with E-state index in [0.717, 1.165) is 32.1 Å². The molecule has 2 atom stereocenters. The summed E-state index contributed by atoms with van der Waals surface area (Å²) in [7, 11) is 0. The van der Waals surface area contributed by atoms with Gasteiger partial charge in [-0.05, 0) is 39.0 Å². The van der Waals surface area contributed by atoms with E-state index in [1.54, 1.807) is 4.90 Å². The second-order valence-corrected chi connectivity index (χ2v) is 5.41. The molecule has 0 aromatic rings. The molecule has 1 rings (SSSR count). The van der Waals surface area contributed by atoms with Crippen molar-refractivity contribution in [1.82, 2.24) is 10.2 Å². The summed E-state index contributed by atoms with van der Waals surface area (Å²) in [6, 6.07) is -0.189. The Kier molecular flexibility index (Phi) is 6.84. The predicted octanol–water partition coefficient (Wildman–Crippen LogP) is 1.02. The largest absolute Gasteiger partial charge is 0.354 e. The SMILES string of the molecule is CCCC(=O)N1CCCCC1C(=O)NCCC(C)N. The Morgan fingerprint density at radius 3 is 2.79 bits per heavy atom. The van der Waals surface area contributed by atoms with Crippen molar-refractivity contribution >= 4 is 11.8 Å². The van der Waals surface area contributed by atoms with E-state index in [9.17, 15) is 9.59 Å². The molecule has 0 spiro atoms. The van der Waals surface area contributed by atoms with Crippen molar-refractivity contribution in [3.8, 4) is 0 Å². The van der Waals surface area contributed by atoms with Gasteiger partial charge in [-0.1, -0.05) is 6.92 Å². The Balaban J connectivity index is 2.51. The maximum absolute atomic E-state index is 12.2. The van der Waals surface area contributed by atoms with Gasteiger partial charge in [-0.2, -0.15) is 0 Å². The summed E-state index contributed by atoms with van der Waals surface area (Å²) in [5.74, 6) is 0.0827. The molecule has 5 nitrogen and oxygen atoms in total. The smallest absolute Gasteiger partial charge is 0.242 e. The Morgan fingerprint density at radius 2 is 2.16 bits per heavy atom. The van der Waals surface area contributed by atoms with Crippen LogP contribution in [0.15, 0.2) is 0 Å². The highest BCUT2D eigenvalue weighted by atomic mass is 16.2. The zero-order valence-electron chi connectivity index (χ0n) is 12.2. The van der Waals surface area contributed by atoms with Gasteiger partial charge in [0.2, 0.25) is 11.8 Å². The van der Waals surface area contributed by atoms with E-state index >= 15 is 0 Å². The van der Waals surface area contributed by atoms with Crippen LogP contribution in [0.25, 0.3) is 0 Å². The van der Waals surface area contributed by atoms with Crippen LogP contribution in [-0.4, -0.2) is 41.9 Å². The van der Waals surface area contributed by atoms with Crippen molar-refractivity contribution in [3.63, 3.8) is 0 Å². The Morgan fingerprint density at radius 1 is 1.42 bits per heavy atom. The van der Waals surface area contributed by atoms with Gasteiger partial charge in [0.25, 0.3) is 0 Å². The van der Waals surface area contributed by atoms with Gasteiger partial charge in [-0.15, -0.1) is 0 Å². The zero-order valence-corrected chi connectivity index (χ0v) is 12.2. The topological polar surface area (TPSA) is 75.4 Å². The van der Waals surface area contributed by atoms with Crippen LogP contribution in [0.3, 0.4) is 0 Å². The van der Waals surface area contributed by atoms with Crippen LogP contribution >= 0.6 is 0 Å². The van der Waals surface area contributed by atoms with Gasteiger partial charge < -0.3 is 16.0 Å². The Labute approximate surface area is 115 Å². The summed E-state index contributed by atoms with van der Waals surface area (Å²) in [4.78, 5) is 25.9. The third-order valence-corrected chi connectivity index (χ3v) is 3.49. The molecule has 1 heterocycles. The number of rotatable bonds is 6. The van der Waals surface area contributed by atoms with E-state index in [0.29, 0.717) is 19.5 Å². The fourth-order valence-corrected chi connectivity index (χ4v) is 2.40. The number of carbonyl (C=O) groups is 2. The highest BCUT2D eigenvalue weighted by Gasteiger charge is 2.31. The number of nitrogens with zero attached hydrogens (tertiary/aromatic N) is 1. The molecule has 0 aliphatic carbocycles. The van der Waals surface area contributed by atoms with Crippen LogP contribution in [0.4, 0.5) is 0 Å². The van der Waals surface area contributed by atoms with E-state index in [2.05, 4.69) is 5.32 Å². The third-order valence-electron chi connectivity index (χ3n) is 3.49. The minimum absolute atomic E-state index is 0.0233. The number of hydrogen-bond donors (Lipinski definition) is 2. The molecule has 0 radical (unpaired) electrons. The van der Waals surface area contributed by atoms with Gasteiger partial charge in [-0.25, -0.2) is 0 Å². The van der Waals surface area contributed by atoms with E-state index in [-0.39, 0.29) is 23.9 Å². The molecule has 0 aromatic carbocycles. The molecule has 1 saturated heterocycles. The molecular weight excluding hydrogens is 242 g/mol. The summed E-state index contributed by atoms with van der Waals surface area (Å²) in [5, 5.41) is 2.90. The first-order valence-electron chi connectivity index (χ1n) is 7.39. The number of carbonyl (C=O) groups excluding carboxylic acids is 2. The molecule has 1 aliphatic heterocycles. The fourth-order valence-electron chi connectivity index (χ4n) is 2.40. The summed E-state index contributed by atoms with van der Waals surface area (Å²) < 4.78 is 0. The van der Waals surface area contributed by atoms with E-state index in [4.69, 9.17) is 5.73 Å². The first-order valence-corrected chi connectivity index (χ1v) is 7.39. The van der Waals surface area contributed by atoms with Crippen LogP contribution in [0, 0.1) is 0 Å². The van der Waals surface area contributed by atoms with Crippen LogP contribution in [0.1, 0.15) is 52.4 Å². The lowest BCUT2D eigenvalue weighted by atomic mass is 10.0. The predicted molar refractivity (Wildman–Crippen MR) is 75.5 cm³/mol. The number of hydrogen-bond acceptors (Lipinski definition) is 3. The second kappa shape index (κ2) is 8.15. The average molecular weight is 269 g/mol. The van der Waals surface area contributed by atoms with Crippen LogP contribution in [-0.2, 0) is 9.59 Å². The molecule has 5 heteroatoms. The average Bonchev–Trinajstić information content (AvgIpc) is 2.38. The zero-order chi connectivity index (χ0) is 14.3. The highest BCUT2D eigenvalue weighted by molar-refractivity contribution is 5.87. The van der Waals surface area contributed by atoms with E-state index in [1.165, 1.54) is 0 Å². The molecule has 1 fully saturated rings. The van der Waals surface area contributed by atoms with Crippen molar-refractivity contribution in [2.45, 2.75) is 64.5 Å². The van der Waals surface area contributed by atoms with Crippen LogP contribution in [0.5, 0.6) is 0 Å². The first kappa shape index (κ1) is 16.0. The molecule has 19 heavy (non-hydrogen) atoms. The second-order valence-electron chi connectivity index (χ2n) is 5.41. The molecule has 2 unspecified atom stereocenters. The lowest BCUT2D eigenvalue weighted by molar-refractivity contribution is -0.142. The quantitative estimate of drug-likeness (QED) is 0.756. The summed E-state index contributed by atoms with van der Waals surface area (Å²) in [6.45, 7) is 5.20. The lowest BCUT2D eigenvalue weighted by Gasteiger charge is -2.34. The minimum Gasteiger partial charge on any atom is -0.354 e. The van der Waals surface area contributed by atoms with Gasteiger partial charge in [0.15, 0.2) is 0 Å². The normalized spacial score (nSPS) is 21.0. The Bertz CT molecular complexity index is 305.